The van der Waals surface area contributed by atoms with Crippen molar-refractivity contribution < 1.29 is 18.0 Å². The molecule has 4 N–H and O–H groups in total. The Labute approximate surface area is 183 Å². The smallest absolute Gasteiger partial charge is 0.385 e. The molecule has 1 aliphatic heterocycles. The first kappa shape index (κ1) is 23.0. The Morgan fingerprint density at radius 1 is 1.22 bits per heavy atom. The molecule has 0 fully saturated rings. The van der Waals surface area contributed by atoms with Gasteiger partial charge in [-0.25, -0.2) is 9.98 Å². The van der Waals surface area contributed by atoms with E-state index in [1.807, 2.05) is 4.90 Å². The third-order valence-corrected chi connectivity index (χ3v) is 4.73. The zero-order valence-corrected chi connectivity index (χ0v) is 17.5. The number of nitrogens with two attached hydrogens (primary N) is 1. The number of pyridine rings is 1. The number of benzene rings is 1. The maximum absolute atomic E-state index is 12.8. The van der Waals surface area contributed by atoms with Crippen molar-refractivity contribution in [2.24, 2.45) is 16.6 Å². The molecule has 2 heterocycles. The van der Waals surface area contributed by atoms with Crippen LogP contribution < -0.4 is 11.1 Å². The van der Waals surface area contributed by atoms with Crippen LogP contribution in [0.25, 0.3) is 0 Å². The highest BCUT2D eigenvalue weighted by atomic mass is 19.4. The minimum atomic E-state index is -4.53. The van der Waals surface area contributed by atoms with Gasteiger partial charge in [-0.05, 0) is 35.7 Å². The molecule has 0 saturated carbocycles. The second-order valence-corrected chi connectivity index (χ2v) is 7.72. The molecular formula is C22H23F3N6O. The number of carbonyl (C=O) groups excluding carboxylic acids is 1. The molecule has 7 nitrogen and oxygen atoms in total. The SMILES string of the molecule is CC(C)CN1C=CN=C(N)C1C(=N)c1ccc(C(=O)Nc2cc(C(F)(F)F)ccn2)cc1. The maximum Gasteiger partial charge on any atom is 0.416 e. The van der Waals surface area contributed by atoms with E-state index in [4.69, 9.17) is 11.1 Å². The first-order chi connectivity index (χ1) is 15.1. The maximum atomic E-state index is 12.8. The molecule has 0 radical (unpaired) electrons. The first-order valence-corrected chi connectivity index (χ1v) is 9.85. The highest BCUT2D eigenvalue weighted by Gasteiger charge is 2.31. The summed E-state index contributed by atoms with van der Waals surface area (Å²) in [5, 5.41) is 11.0. The number of aliphatic imine (C=N–C) groups is 1. The molecule has 1 amide bonds. The van der Waals surface area contributed by atoms with E-state index in [0.29, 0.717) is 23.9 Å². The summed E-state index contributed by atoms with van der Waals surface area (Å²) in [6.07, 6.45) is -0.167. The largest absolute Gasteiger partial charge is 0.416 e. The van der Waals surface area contributed by atoms with Gasteiger partial charge in [-0.1, -0.05) is 26.0 Å². The fraction of sp³-hybridized carbons (Fsp3) is 0.273. The van der Waals surface area contributed by atoms with Crippen LogP contribution >= 0.6 is 0 Å². The van der Waals surface area contributed by atoms with Gasteiger partial charge < -0.3 is 21.4 Å². The van der Waals surface area contributed by atoms with Crippen LogP contribution in [0.15, 0.2) is 60.0 Å². The topological polar surface area (TPSA) is 107 Å². The molecule has 168 valence electrons. The lowest BCUT2D eigenvalue weighted by molar-refractivity contribution is -0.137. The van der Waals surface area contributed by atoms with Crippen LogP contribution in [0.1, 0.15) is 35.3 Å². The normalized spacial score (nSPS) is 16.1. The van der Waals surface area contributed by atoms with Gasteiger partial charge in [0.1, 0.15) is 17.7 Å². The van der Waals surface area contributed by atoms with Crippen molar-refractivity contribution in [3.05, 3.63) is 71.7 Å². The number of hydrogen-bond donors (Lipinski definition) is 3. The molecule has 10 heteroatoms. The Morgan fingerprint density at radius 2 is 1.88 bits per heavy atom. The van der Waals surface area contributed by atoms with Gasteiger partial charge in [0.2, 0.25) is 0 Å². The number of anilines is 1. The Bertz CT molecular complexity index is 1060. The lowest BCUT2D eigenvalue weighted by atomic mass is 9.98. The average Bonchev–Trinajstić information content (AvgIpc) is 2.73. The van der Waals surface area contributed by atoms with Crippen molar-refractivity contribution in [1.29, 1.82) is 5.41 Å². The van der Waals surface area contributed by atoms with E-state index in [2.05, 4.69) is 29.1 Å². The standard InChI is InChI=1S/C22H23F3N6O/c1-13(2)12-31-10-9-29-20(27)19(31)18(26)14-3-5-15(6-4-14)21(32)30-17-11-16(7-8-28-17)22(23,24)25/h3-11,13,19,26H,12H2,1-2H3,(H2,27,29)(H,28,30,32). The predicted octanol–water partition coefficient (Wildman–Crippen LogP) is 3.89. The molecule has 2 aromatic rings. The summed E-state index contributed by atoms with van der Waals surface area (Å²) in [6, 6.07) is 7.23. The van der Waals surface area contributed by atoms with Gasteiger partial charge in [0.15, 0.2) is 0 Å². The molecule has 1 aromatic heterocycles. The van der Waals surface area contributed by atoms with E-state index >= 15 is 0 Å². The summed E-state index contributed by atoms with van der Waals surface area (Å²) in [4.78, 5) is 22.3. The molecule has 3 rings (SSSR count). The molecule has 32 heavy (non-hydrogen) atoms. The van der Waals surface area contributed by atoms with Crippen molar-refractivity contribution >= 4 is 23.3 Å². The minimum Gasteiger partial charge on any atom is -0.385 e. The Hall–Kier alpha value is -3.69. The van der Waals surface area contributed by atoms with Crippen molar-refractivity contribution in [1.82, 2.24) is 9.88 Å². The van der Waals surface area contributed by atoms with Gasteiger partial charge in [0, 0.05) is 30.7 Å². The number of rotatable bonds is 6. The van der Waals surface area contributed by atoms with Crippen LogP contribution in [0, 0.1) is 11.3 Å². The van der Waals surface area contributed by atoms with E-state index < -0.39 is 23.7 Å². The Morgan fingerprint density at radius 3 is 2.50 bits per heavy atom. The molecule has 1 atom stereocenters. The van der Waals surface area contributed by atoms with Gasteiger partial charge in [-0.15, -0.1) is 0 Å². The average molecular weight is 444 g/mol. The Balaban J connectivity index is 1.74. The van der Waals surface area contributed by atoms with Gasteiger partial charge >= 0.3 is 6.18 Å². The highest BCUT2D eigenvalue weighted by molar-refractivity contribution is 6.16. The number of halogens is 3. The minimum absolute atomic E-state index is 0.205. The number of alkyl halides is 3. The predicted molar refractivity (Wildman–Crippen MR) is 117 cm³/mol. The second-order valence-electron chi connectivity index (χ2n) is 7.72. The summed E-state index contributed by atoms with van der Waals surface area (Å²) < 4.78 is 38.5. The van der Waals surface area contributed by atoms with Gasteiger partial charge in [-0.3, -0.25) is 4.79 Å². The second kappa shape index (κ2) is 9.21. The van der Waals surface area contributed by atoms with Crippen LogP contribution in [0.5, 0.6) is 0 Å². The number of amides is 1. The van der Waals surface area contributed by atoms with Gasteiger partial charge in [0.05, 0.1) is 11.3 Å². The van der Waals surface area contributed by atoms with Crippen molar-refractivity contribution in [3.63, 3.8) is 0 Å². The van der Waals surface area contributed by atoms with Crippen molar-refractivity contribution in [2.75, 3.05) is 11.9 Å². The van der Waals surface area contributed by atoms with Crippen molar-refractivity contribution in [3.8, 4) is 0 Å². The van der Waals surface area contributed by atoms with Crippen LogP contribution in [-0.2, 0) is 6.18 Å². The molecule has 1 aliphatic rings. The summed E-state index contributed by atoms with van der Waals surface area (Å²) in [6.45, 7) is 4.80. The molecule has 1 aromatic carbocycles. The van der Waals surface area contributed by atoms with Crippen LogP contribution in [-0.4, -0.2) is 39.9 Å². The fourth-order valence-corrected chi connectivity index (χ4v) is 3.26. The van der Waals surface area contributed by atoms with E-state index in [1.54, 1.807) is 24.5 Å². The number of hydrogen-bond acceptors (Lipinski definition) is 6. The van der Waals surface area contributed by atoms with E-state index in [1.165, 1.54) is 12.1 Å². The van der Waals surface area contributed by atoms with Crippen molar-refractivity contribution in [2.45, 2.75) is 26.1 Å². The molecule has 0 spiro atoms. The number of aromatic nitrogens is 1. The lowest BCUT2D eigenvalue weighted by Crippen LogP contribution is -2.50. The zero-order chi connectivity index (χ0) is 23.5. The first-order valence-electron chi connectivity index (χ1n) is 9.85. The van der Waals surface area contributed by atoms with E-state index in [0.717, 1.165) is 18.3 Å². The summed E-state index contributed by atoms with van der Waals surface area (Å²) in [5.41, 5.74) is 6.14. The van der Waals surface area contributed by atoms with Crippen LogP contribution in [0.2, 0.25) is 0 Å². The third-order valence-electron chi connectivity index (χ3n) is 4.73. The zero-order valence-electron chi connectivity index (χ0n) is 17.5. The number of nitrogens with zero attached hydrogens (tertiary/aromatic N) is 3. The van der Waals surface area contributed by atoms with E-state index in [-0.39, 0.29) is 17.1 Å². The quantitative estimate of drug-likeness (QED) is 0.588. The fourth-order valence-electron chi connectivity index (χ4n) is 3.26. The lowest BCUT2D eigenvalue weighted by Gasteiger charge is -2.33. The number of carbonyl (C=O) groups is 1. The summed E-state index contributed by atoms with van der Waals surface area (Å²) in [5.74, 6) is -0.172. The third kappa shape index (κ3) is 5.32. The van der Waals surface area contributed by atoms with Crippen LogP contribution in [0.3, 0.4) is 0 Å². The van der Waals surface area contributed by atoms with Crippen LogP contribution in [0.4, 0.5) is 19.0 Å². The Kier molecular flexibility index (Phi) is 6.61. The highest BCUT2D eigenvalue weighted by Crippen LogP contribution is 2.30. The molecule has 0 saturated heterocycles. The summed E-state index contributed by atoms with van der Waals surface area (Å²) >= 11 is 0. The van der Waals surface area contributed by atoms with Gasteiger partial charge in [0.25, 0.3) is 5.91 Å². The molecule has 0 bridgehead atoms. The number of amidine groups is 1. The molecular weight excluding hydrogens is 421 g/mol. The van der Waals surface area contributed by atoms with Gasteiger partial charge in [-0.2, -0.15) is 13.2 Å². The number of nitrogens with one attached hydrogen (secondary N) is 2. The summed E-state index contributed by atoms with van der Waals surface area (Å²) in [7, 11) is 0. The molecule has 0 aliphatic carbocycles. The monoisotopic (exact) mass is 444 g/mol. The molecule has 1 unspecified atom stereocenters. The van der Waals surface area contributed by atoms with E-state index in [9.17, 15) is 18.0 Å².